The molecule has 1 saturated heterocycles. The highest BCUT2D eigenvalue weighted by atomic mass is 16.4. The van der Waals surface area contributed by atoms with Crippen LogP contribution in [0.3, 0.4) is 0 Å². The van der Waals surface area contributed by atoms with Gasteiger partial charge in [-0.05, 0) is 47.5 Å². The number of rotatable bonds is 5. The van der Waals surface area contributed by atoms with E-state index in [2.05, 4.69) is 43.1 Å². The smallest absolute Gasteiger partial charge is 0.309 e. The normalized spacial score (nSPS) is 25.1. The fourth-order valence-electron chi connectivity index (χ4n) is 2.40. The van der Waals surface area contributed by atoms with Gasteiger partial charge in [0, 0.05) is 25.2 Å². The number of carboxylic acids is 1. The quantitative estimate of drug-likeness (QED) is 0.743. The molecule has 1 aliphatic heterocycles. The number of hydrogen-bond donors (Lipinski definition) is 2. The molecule has 106 valence electrons. The lowest BCUT2D eigenvalue weighted by Crippen LogP contribution is -2.46. The molecule has 1 rings (SSSR count). The van der Waals surface area contributed by atoms with E-state index in [0.29, 0.717) is 13.1 Å². The molecule has 0 radical (unpaired) electrons. The van der Waals surface area contributed by atoms with E-state index in [4.69, 9.17) is 0 Å². The van der Waals surface area contributed by atoms with Crippen molar-refractivity contribution < 1.29 is 9.90 Å². The Hall–Kier alpha value is -0.650. The summed E-state index contributed by atoms with van der Waals surface area (Å²) in [5.41, 5.74) is -0.0116. The van der Waals surface area contributed by atoms with Crippen molar-refractivity contribution in [3.05, 3.63) is 0 Å². The van der Waals surface area contributed by atoms with Gasteiger partial charge in [-0.2, -0.15) is 0 Å². The van der Waals surface area contributed by atoms with Crippen molar-refractivity contribution in [3.8, 4) is 0 Å². The van der Waals surface area contributed by atoms with Gasteiger partial charge in [0.1, 0.15) is 0 Å². The van der Waals surface area contributed by atoms with Gasteiger partial charge in [0.25, 0.3) is 0 Å². The first kappa shape index (κ1) is 15.4. The summed E-state index contributed by atoms with van der Waals surface area (Å²) >= 11 is 0. The van der Waals surface area contributed by atoms with Crippen LogP contribution in [0.1, 0.15) is 20.3 Å². The first-order valence-corrected chi connectivity index (χ1v) is 6.65. The third-order valence-corrected chi connectivity index (χ3v) is 3.35. The van der Waals surface area contributed by atoms with Crippen molar-refractivity contribution in [1.29, 1.82) is 0 Å². The lowest BCUT2D eigenvalue weighted by atomic mass is 10.1. The summed E-state index contributed by atoms with van der Waals surface area (Å²) in [5, 5.41) is 12.5. The first-order valence-electron chi connectivity index (χ1n) is 6.65. The molecule has 1 atom stereocenters. The second kappa shape index (κ2) is 6.50. The predicted octanol–water partition coefficient (Wildman–Crippen LogP) is 0.323. The zero-order chi connectivity index (χ0) is 13.8. The van der Waals surface area contributed by atoms with Crippen LogP contribution in [0.5, 0.6) is 0 Å². The van der Waals surface area contributed by atoms with Crippen LogP contribution in [0.4, 0.5) is 0 Å². The largest absolute Gasteiger partial charge is 0.481 e. The molecule has 0 spiro atoms. The third kappa shape index (κ3) is 5.33. The average molecular weight is 257 g/mol. The Bertz CT molecular complexity index is 279. The monoisotopic (exact) mass is 257 g/mol. The van der Waals surface area contributed by atoms with E-state index < -0.39 is 5.97 Å². The molecule has 2 N–H and O–H groups in total. The van der Waals surface area contributed by atoms with Crippen LogP contribution in [0.15, 0.2) is 0 Å². The first-order chi connectivity index (χ1) is 8.30. The van der Waals surface area contributed by atoms with Crippen LogP contribution in [0, 0.1) is 5.92 Å². The highest BCUT2D eigenvalue weighted by molar-refractivity contribution is 5.70. The van der Waals surface area contributed by atoms with E-state index in [1.54, 1.807) is 0 Å². The molecule has 1 aliphatic rings. The van der Waals surface area contributed by atoms with Crippen LogP contribution in [0.25, 0.3) is 0 Å². The van der Waals surface area contributed by atoms with Crippen molar-refractivity contribution in [2.24, 2.45) is 5.92 Å². The summed E-state index contributed by atoms with van der Waals surface area (Å²) < 4.78 is 0. The van der Waals surface area contributed by atoms with Crippen LogP contribution in [0.2, 0.25) is 0 Å². The Morgan fingerprint density at radius 3 is 2.72 bits per heavy atom. The molecule has 5 nitrogen and oxygen atoms in total. The van der Waals surface area contributed by atoms with E-state index in [9.17, 15) is 9.90 Å². The van der Waals surface area contributed by atoms with Crippen LogP contribution < -0.4 is 5.32 Å². The van der Waals surface area contributed by atoms with E-state index in [0.717, 1.165) is 26.1 Å². The fourth-order valence-corrected chi connectivity index (χ4v) is 2.40. The Morgan fingerprint density at radius 1 is 1.50 bits per heavy atom. The number of nitrogens with one attached hydrogen (secondary N) is 1. The van der Waals surface area contributed by atoms with E-state index >= 15 is 0 Å². The molecular weight excluding hydrogens is 230 g/mol. The van der Waals surface area contributed by atoms with Crippen molar-refractivity contribution >= 4 is 5.97 Å². The number of carboxylic acid groups (broad SMARTS) is 1. The molecule has 0 aromatic carbocycles. The third-order valence-electron chi connectivity index (χ3n) is 3.35. The molecule has 5 heteroatoms. The van der Waals surface area contributed by atoms with Crippen molar-refractivity contribution in [3.63, 3.8) is 0 Å². The maximum atomic E-state index is 11.2. The van der Waals surface area contributed by atoms with Gasteiger partial charge in [-0.25, -0.2) is 0 Å². The molecule has 0 aliphatic carbocycles. The molecule has 1 unspecified atom stereocenters. The molecule has 1 heterocycles. The highest BCUT2D eigenvalue weighted by Gasteiger charge is 2.31. The minimum absolute atomic E-state index is 0.0116. The van der Waals surface area contributed by atoms with Gasteiger partial charge >= 0.3 is 5.97 Å². The Morgan fingerprint density at radius 2 is 2.17 bits per heavy atom. The van der Waals surface area contributed by atoms with Gasteiger partial charge in [0.2, 0.25) is 0 Å². The van der Waals surface area contributed by atoms with Crippen LogP contribution in [-0.2, 0) is 4.79 Å². The lowest BCUT2D eigenvalue weighted by molar-refractivity contribution is -0.141. The predicted molar refractivity (Wildman–Crippen MR) is 72.8 cm³/mol. The van der Waals surface area contributed by atoms with Gasteiger partial charge < -0.3 is 20.2 Å². The Kier molecular flexibility index (Phi) is 5.56. The van der Waals surface area contributed by atoms with E-state index in [1.807, 2.05) is 0 Å². The highest BCUT2D eigenvalue weighted by Crippen LogP contribution is 2.14. The van der Waals surface area contributed by atoms with Crippen molar-refractivity contribution in [1.82, 2.24) is 15.1 Å². The molecule has 1 fully saturated rings. The van der Waals surface area contributed by atoms with Crippen molar-refractivity contribution in [2.45, 2.75) is 25.8 Å². The average Bonchev–Trinajstić information content (AvgIpc) is 2.36. The Balaban J connectivity index is 2.54. The molecule has 18 heavy (non-hydrogen) atoms. The van der Waals surface area contributed by atoms with Gasteiger partial charge in [-0.3, -0.25) is 4.79 Å². The molecule has 0 amide bonds. The zero-order valence-corrected chi connectivity index (χ0v) is 12.1. The number of carbonyl (C=O) groups is 1. The fraction of sp³-hybridized carbons (Fsp3) is 0.923. The second-order valence-corrected chi connectivity index (χ2v) is 6.19. The summed E-state index contributed by atoms with van der Waals surface area (Å²) in [6, 6.07) is 0. The maximum Gasteiger partial charge on any atom is 0.309 e. The SMILES string of the molecule is CN(C)CCCN1CC(C(=O)O)CNC(C)(C)C1. The molecule has 0 aromatic rings. The van der Waals surface area contributed by atoms with Gasteiger partial charge in [-0.15, -0.1) is 0 Å². The second-order valence-electron chi connectivity index (χ2n) is 6.19. The van der Waals surface area contributed by atoms with Crippen molar-refractivity contribution in [2.75, 3.05) is 46.8 Å². The number of aliphatic carboxylic acids is 1. The maximum absolute atomic E-state index is 11.2. The van der Waals surface area contributed by atoms with E-state index in [-0.39, 0.29) is 11.5 Å². The zero-order valence-electron chi connectivity index (χ0n) is 12.1. The van der Waals surface area contributed by atoms with Gasteiger partial charge in [0.15, 0.2) is 0 Å². The number of hydrogen-bond acceptors (Lipinski definition) is 4. The van der Waals surface area contributed by atoms with Gasteiger partial charge in [0.05, 0.1) is 5.92 Å². The lowest BCUT2D eigenvalue weighted by Gasteiger charge is -2.30. The summed E-state index contributed by atoms with van der Waals surface area (Å²) in [5.74, 6) is -0.996. The summed E-state index contributed by atoms with van der Waals surface area (Å²) in [6.45, 7) is 8.40. The molecular formula is C13H27N3O2. The summed E-state index contributed by atoms with van der Waals surface area (Å²) in [6.07, 6.45) is 1.08. The summed E-state index contributed by atoms with van der Waals surface area (Å²) in [7, 11) is 4.13. The minimum atomic E-state index is -0.696. The van der Waals surface area contributed by atoms with Crippen LogP contribution in [-0.4, -0.2) is 73.2 Å². The molecule has 0 aromatic heterocycles. The topological polar surface area (TPSA) is 55.8 Å². The number of nitrogens with zero attached hydrogens (tertiary/aromatic N) is 2. The van der Waals surface area contributed by atoms with Crippen LogP contribution >= 0.6 is 0 Å². The molecule has 0 bridgehead atoms. The Labute approximate surface area is 110 Å². The molecule has 0 saturated carbocycles. The van der Waals surface area contributed by atoms with E-state index in [1.165, 1.54) is 0 Å². The van der Waals surface area contributed by atoms with Gasteiger partial charge in [-0.1, -0.05) is 0 Å². The standard InChI is InChI=1S/C13H27N3O2/c1-13(2)10-16(7-5-6-15(3)4)9-11(8-14-13)12(17)18/h11,14H,5-10H2,1-4H3,(H,17,18). The minimum Gasteiger partial charge on any atom is -0.481 e. The summed E-state index contributed by atoms with van der Waals surface area (Å²) in [4.78, 5) is 15.6.